The fourth-order valence-corrected chi connectivity index (χ4v) is 3.92. The van der Waals surface area contributed by atoms with Gasteiger partial charge in [0, 0.05) is 35.6 Å². The van der Waals surface area contributed by atoms with Gasteiger partial charge < -0.3 is 19.5 Å². The predicted molar refractivity (Wildman–Crippen MR) is 111 cm³/mol. The van der Waals surface area contributed by atoms with Gasteiger partial charge in [0.05, 0.1) is 5.69 Å². The molecule has 0 unspecified atom stereocenters. The first-order valence-electron chi connectivity index (χ1n) is 9.17. The van der Waals surface area contributed by atoms with Crippen molar-refractivity contribution in [3.05, 3.63) is 83.6 Å². The summed E-state index contributed by atoms with van der Waals surface area (Å²) in [7, 11) is 1.99. The number of fused-ring (bicyclic) bond motifs is 2. The lowest BCUT2D eigenvalue weighted by molar-refractivity contribution is 0.101. The first kappa shape index (κ1) is 17.1. The van der Waals surface area contributed by atoms with Gasteiger partial charge in [-0.15, -0.1) is 0 Å². The molecular formula is C24H17NO4. The van der Waals surface area contributed by atoms with Crippen LogP contribution < -0.4 is 4.74 Å². The zero-order chi connectivity index (χ0) is 20.1. The van der Waals surface area contributed by atoms with Crippen LogP contribution in [0.2, 0.25) is 0 Å². The van der Waals surface area contributed by atoms with Gasteiger partial charge in [0.25, 0.3) is 0 Å². The van der Waals surface area contributed by atoms with Gasteiger partial charge in [-0.05, 0) is 17.7 Å². The molecule has 0 spiro atoms. The molecule has 5 rings (SSSR count). The molecule has 1 aliphatic rings. The van der Waals surface area contributed by atoms with Gasteiger partial charge in [0.1, 0.15) is 22.8 Å². The summed E-state index contributed by atoms with van der Waals surface area (Å²) < 4.78 is 7.81. The van der Waals surface area contributed by atoms with Crippen LogP contribution in [-0.4, -0.2) is 20.6 Å². The van der Waals surface area contributed by atoms with Crippen molar-refractivity contribution in [3.8, 4) is 28.5 Å². The first-order chi connectivity index (χ1) is 14.0. The average Bonchev–Trinajstić information content (AvgIpc) is 3.17. The number of rotatable bonds is 2. The molecule has 142 valence electrons. The van der Waals surface area contributed by atoms with Crippen LogP contribution in [0.1, 0.15) is 15.9 Å². The number of hydrogen-bond acceptors (Lipinski definition) is 4. The molecule has 0 amide bonds. The minimum absolute atomic E-state index is 0.0653. The molecule has 2 N–H and O–H groups in total. The molecule has 1 aromatic heterocycles. The van der Waals surface area contributed by atoms with Crippen LogP contribution in [0, 0.1) is 0 Å². The maximum atomic E-state index is 12.9. The van der Waals surface area contributed by atoms with Crippen molar-refractivity contribution in [2.24, 2.45) is 7.05 Å². The van der Waals surface area contributed by atoms with Gasteiger partial charge in [-0.1, -0.05) is 48.5 Å². The third-order valence-electron chi connectivity index (χ3n) is 5.21. The van der Waals surface area contributed by atoms with Crippen LogP contribution in [0.4, 0.5) is 0 Å². The number of ketones is 1. The average molecular weight is 383 g/mol. The molecule has 0 atom stereocenters. The number of phenolic OH excluding ortho intramolecular Hbond substituents is 2. The van der Waals surface area contributed by atoms with Crippen molar-refractivity contribution >= 4 is 22.8 Å². The maximum Gasteiger partial charge on any atom is 0.235 e. The van der Waals surface area contributed by atoms with Crippen LogP contribution in [0.25, 0.3) is 28.2 Å². The lowest BCUT2D eigenvalue weighted by atomic mass is 10.0. The highest BCUT2D eigenvalue weighted by Crippen LogP contribution is 2.42. The Hall–Kier alpha value is -3.99. The number of aromatic nitrogens is 1. The van der Waals surface area contributed by atoms with E-state index in [0.29, 0.717) is 0 Å². The van der Waals surface area contributed by atoms with Crippen LogP contribution >= 0.6 is 0 Å². The van der Waals surface area contributed by atoms with Crippen molar-refractivity contribution in [2.75, 3.05) is 0 Å². The van der Waals surface area contributed by atoms with Crippen molar-refractivity contribution in [2.45, 2.75) is 0 Å². The number of nitrogens with zero attached hydrogens (tertiary/aromatic N) is 1. The van der Waals surface area contributed by atoms with Crippen LogP contribution in [0.15, 0.2) is 72.5 Å². The number of aryl methyl sites for hydroxylation is 1. The molecule has 0 radical (unpaired) electrons. The van der Waals surface area contributed by atoms with Crippen molar-refractivity contribution in [1.82, 2.24) is 4.57 Å². The second kappa shape index (κ2) is 6.27. The number of hydrogen-bond donors (Lipinski definition) is 2. The Morgan fingerprint density at radius 1 is 0.966 bits per heavy atom. The summed E-state index contributed by atoms with van der Waals surface area (Å²) in [6, 6.07) is 20.4. The molecule has 5 heteroatoms. The van der Waals surface area contributed by atoms with E-state index in [1.54, 1.807) is 6.08 Å². The summed E-state index contributed by atoms with van der Waals surface area (Å²) in [6.45, 7) is 0. The zero-order valence-electron chi connectivity index (χ0n) is 15.6. The number of carbonyl (C=O) groups is 1. The topological polar surface area (TPSA) is 71.7 Å². The molecule has 29 heavy (non-hydrogen) atoms. The Balaban J connectivity index is 1.74. The monoisotopic (exact) mass is 383 g/mol. The largest absolute Gasteiger partial charge is 0.508 e. The normalized spacial score (nSPS) is 14.4. The highest BCUT2D eigenvalue weighted by atomic mass is 16.5. The number of phenols is 2. The first-order valence-corrected chi connectivity index (χ1v) is 9.17. The Kier molecular flexibility index (Phi) is 3.71. The quantitative estimate of drug-likeness (QED) is 0.484. The van der Waals surface area contributed by atoms with E-state index in [9.17, 15) is 15.0 Å². The van der Waals surface area contributed by atoms with Gasteiger partial charge in [0.15, 0.2) is 5.76 Å². The molecule has 2 heterocycles. The number of Topliss-reactive ketones (excluding diaryl/α,β-unsaturated/α-hetero) is 1. The predicted octanol–water partition coefficient (Wildman–Crippen LogP) is 4.87. The van der Waals surface area contributed by atoms with Gasteiger partial charge in [0.2, 0.25) is 5.78 Å². The van der Waals surface area contributed by atoms with E-state index in [-0.39, 0.29) is 28.6 Å². The van der Waals surface area contributed by atoms with Crippen LogP contribution in [0.3, 0.4) is 0 Å². The molecular weight excluding hydrogens is 366 g/mol. The summed E-state index contributed by atoms with van der Waals surface area (Å²) in [5.74, 6) is -0.612. The van der Waals surface area contributed by atoms with E-state index < -0.39 is 5.78 Å². The molecule has 1 aliphatic heterocycles. The molecule has 0 saturated carbocycles. The lowest BCUT2D eigenvalue weighted by Gasteiger charge is -2.07. The Labute approximate surface area is 166 Å². The molecule has 3 aromatic carbocycles. The van der Waals surface area contributed by atoms with Crippen molar-refractivity contribution in [1.29, 1.82) is 0 Å². The SMILES string of the molecule is Cn1c(-c2ccccc2)c(C=C2Oc3cc(O)cc(O)c3C2=O)c2ccccc21. The summed E-state index contributed by atoms with van der Waals surface area (Å²) >= 11 is 0. The van der Waals surface area contributed by atoms with E-state index in [1.807, 2.05) is 61.6 Å². The maximum absolute atomic E-state index is 12.9. The number of allylic oxidation sites excluding steroid dienone is 1. The second-order valence-corrected chi connectivity index (χ2v) is 6.98. The smallest absolute Gasteiger partial charge is 0.235 e. The molecule has 5 nitrogen and oxygen atoms in total. The number of carbonyl (C=O) groups excluding carboxylic acids is 1. The molecule has 0 bridgehead atoms. The standard InChI is InChI=1S/C24H17NO4/c1-25-18-10-6-5-9-16(18)17(23(25)14-7-3-2-4-8-14)13-21-24(28)22-19(27)11-15(26)12-20(22)29-21/h2-13,26-27H,1H3. The van der Waals surface area contributed by atoms with Crippen LogP contribution in [-0.2, 0) is 7.05 Å². The van der Waals surface area contributed by atoms with Gasteiger partial charge in [-0.2, -0.15) is 0 Å². The van der Waals surface area contributed by atoms with Gasteiger partial charge in [-0.3, -0.25) is 4.79 Å². The molecule has 0 saturated heterocycles. The van der Waals surface area contributed by atoms with Gasteiger partial charge >= 0.3 is 0 Å². The minimum atomic E-state index is -0.413. The Morgan fingerprint density at radius 3 is 2.48 bits per heavy atom. The second-order valence-electron chi connectivity index (χ2n) is 6.98. The van der Waals surface area contributed by atoms with Crippen LogP contribution in [0.5, 0.6) is 17.2 Å². The Morgan fingerprint density at radius 2 is 1.69 bits per heavy atom. The molecule has 4 aromatic rings. The molecule has 0 fully saturated rings. The summed E-state index contributed by atoms with van der Waals surface area (Å²) in [6.07, 6.45) is 1.71. The highest BCUT2D eigenvalue weighted by Gasteiger charge is 2.32. The number of ether oxygens (including phenoxy) is 1. The van der Waals surface area contributed by atoms with Gasteiger partial charge in [-0.25, -0.2) is 0 Å². The minimum Gasteiger partial charge on any atom is -0.508 e. The van der Waals surface area contributed by atoms with Crippen molar-refractivity contribution in [3.63, 3.8) is 0 Å². The third kappa shape index (κ3) is 2.59. The number of aromatic hydroxyl groups is 2. The summed E-state index contributed by atoms with van der Waals surface area (Å²) in [4.78, 5) is 12.9. The fourth-order valence-electron chi connectivity index (χ4n) is 3.92. The number of benzene rings is 3. The van der Waals surface area contributed by atoms with E-state index >= 15 is 0 Å². The summed E-state index contributed by atoms with van der Waals surface area (Å²) in [5, 5.41) is 20.8. The Bertz CT molecular complexity index is 1320. The van der Waals surface area contributed by atoms with E-state index in [4.69, 9.17) is 4.74 Å². The van der Waals surface area contributed by atoms with E-state index in [2.05, 4.69) is 4.57 Å². The van der Waals surface area contributed by atoms with E-state index in [1.165, 1.54) is 6.07 Å². The highest BCUT2D eigenvalue weighted by molar-refractivity contribution is 6.17. The lowest BCUT2D eigenvalue weighted by Crippen LogP contribution is -1.99. The number of para-hydroxylation sites is 1. The van der Waals surface area contributed by atoms with Crippen molar-refractivity contribution < 1.29 is 19.7 Å². The fraction of sp³-hybridized carbons (Fsp3) is 0.0417. The summed E-state index contributed by atoms with van der Waals surface area (Å²) in [5.41, 5.74) is 3.92. The van der Waals surface area contributed by atoms with E-state index in [0.717, 1.165) is 33.8 Å². The third-order valence-corrected chi connectivity index (χ3v) is 5.21. The zero-order valence-corrected chi connectivity index (χ0v) is 15.6. The molecule has 0 aliphatic carbocycles.